The van der Waals surface area contributed by atoms with Gasteiger partial charge in [0, 0.05) is 0 Å². The van der Waals surface area contributed by atoms with E-state index in [1.807, 2.05) is 0 Å². The van der Waals surface area contributed by atoms with E-state index in [9.17, 15) is 9.90 Å². The second-order valence-electron chi connectivity index (χ2n) is 6.19. The third kappa shape index (κ3) is 5.65. The van der Waals surface area contributed by atoms with E-state index in [0.717, 1.165) is 12.8 Å². The second-order valence-corrected chi connectivity index (χ2v) is 11.2. The predicted octanol–water partition coefficient (Wildman–Crippen LogP) is 2.16. The first-order valence-corrected chi connectivity index (χ1v) is 9.32. The Balaban J connectivity index is 4.49. The summed E-state index contributed by atoms with van der Waals surface area (Å²) in [7, 11) is -1.75. The number of carbonyl (C=O) groups is 1. The van der Waals surface area contributed by atoms with Crippen LogP contribution in [0.2, 0.25) is 18.1 Å². The Morgan fingerprint density at radius 3 is 2.24 bits per heavy atom. The summed E-state index contributed by atoms with van der Waals surface area (Å²) in [5.74, 6) is -0.744. The maximum Gasteiger partial charge on any atom is 0.320 e. The van der Waals surface area contributed by atoms with Crippen molar-refractivity contribution in [1.82, 2.24) is 4.98 Å². The Hall–Kier alpha value is -0.393. The van der Waals surface area contributed by atoms with Gasteiger partial charge in [-0.25, -0.2) is 0 Å². The van der Waals surface area contributed by atoms with Gasteiger partial charge in [0.05, 0.1) is 6.04 Å². The number of nitrogens with one attached hydrogen (secondary N) is 1. The first-order chi connectivity index (χ1) is 7.62. The molecule has 0 aromatic rings. The van der Waals surface area contributed by atoms with Crippen molar-refractivity contribution in [3.05, 3.63) is 0 Å². The highest BCUT2D eigenvalue weighted by Gasteiger charge is 2.38. The van der Waals surface area contributed by atoms with Crippen LogP contribution in [0.5, 0.6) is 0 Å². The van der Waals surface area contributed by atoms with Gasteiger partial charge >= 0.3 is 5.97 Å². The average Bonchev–Trinajstić information content (AvgIpc) is 2.14. The van der Waals surface area contributed by atoms with Crippen molar-refractivity contribution < 1.29 is 9.90 Å². The minimum atomic E-state index is -1.75. The van der Waals surface area contributed by atoms with E-state index in [1.54, 1.807) is 0 Å². The molecule has 0 rings (SSSR count). The van der Waals surface area contributed by atoms with Crippen LogP contribution in [0.3, 0.4) is 0 Å². The molecule has 0 saturated heterocycles. The average molecular weight is 260 g/mol. The van der Waals surface area contributed by atoms with Gasteiger partial charge in [-0.1, -0.05) is 40.3 Å². The lowest BCUT2D eigenvalue weighted by Crippen LogP contribution is -2.58. The zero-order chi connectivity index (χ0) is 13.7. The van der Waals surface area contributed by atoms with Gasteiger partial charge in [0.25, 0.3) is 0 Å². The molecule has 0 aromatic heterocycles. The number of hydrogen-bond donors (Lipinski definition) is 3. The standard InChI is InChI=1S/C12H28N2O2Si/c1-12(2,3)17(4,5)14-10(11(15)16)8-6-7-9-13/h10,14H,6-9,13H2,1-5H3,(H,15,16)/t10-/m0/s1. The largest absolute Gasteiger partial charge is 0.480 e. The quantitative estimate of drug-likeness (QED) is 0.484. The number of carboxylic acids is 1. The minimum absolute atomic E-state index is 0.147. The molecule has 102 valence electrons. The summed E-state index contributed by atoms with van der Waals surface area (Å²) in [5, 5.41) is 9.38. The number of rotatable bonds is 7. The van der Waals surface area contributed by atoms with Crippen molar-refractivity contribution in [2.75, 3.05) is 6.54 Å². The number of nitrogens with two attached hydrogens (primary N) is 1. The molecule has 4 N–H and O–H groups in total. The molecule has 0 saturated carbocycles. The van der Waals surface area contributed by atoms with Crippen molar-refractivity contribution in [2.24, 2.45) is 5.73 Å². The number of carboxylic acid groups (broad SMARTS) is 1. The lowest BCUT2D eigenvalue weighted by Gasteiger charge is -2.39. The fourth-order valence-electron chi connectivity index (χ4n) is 1.40. The summed E-state index contributed by atoms with van der Waals surface area (Å²) in [6, 6.07) is -0.428. The van der Waals surface area contributed by atoms with E-state index in [1.165, 1.54) is 0 Å². The maximum absolute atomic E-state index is 11.2. The molecule has 0 bridgehead atoms. The minimum Gasteiger partial charge on any atom is -0.480 e. The molecule has 17 heavy (non-hydrogen) atoms. The molecule has 0 radical (unpaired) electrons. The third-order valence-electron chi connectivity index (χ3n) is 3.66. The maximum atomic E-state index is 11.2. The lowest BCUT2D eigenvalue weighted by molar-refractivity contribution is -0.139. The highest BCUT2D eigenvalue weighted by atomic mass is 28.3. The molecule has 1 atom stereocenters. The van der Waals surface area contributed by atoms with E-state index < -0.39 is 20.2 Å². The van der Waals surface area contributed by atoms with E-state index in [-0.39, 0.29) is 5.04 Å². The Kier molecular flexibility index (Phi) is 6.36. The van der Waals surface area contributed by atoms with Crippen LogP contribution in [-0.4, -0.2) is 31.9 Å². The van der Waals surface area contributed by atoms with Gasteiger partial charge in [0.1, 0.15) is 8.24 Å². The SMILES string of the molecule is CC(C)(C)[Si](C)(C)N[C@@H](CCCCN)C(=O)O. The van der Waals surface area contributed by atoms with Crippen molar-refractivity contribution in [2.45, 2.75) is 64.2 Å². The highest BCUT2D eigenvalue weighted by Crippen LogP contribution is 2.34. The van der Waals surface area contributed by atoms with Gasteiger partial charge in [0.15, 0.2) is 0 Å². The smallest absolute Gasteiger partial charge is 0.320 e. The summed E-state index contributed by atoms with van der Waals surface area (Å²) >= 11 is 0. The van der Waals surface area contributed by atoms with Crippen molar-refractivity contribution >= 4 is 14.2 Å². The molecule has 0 aromatic carbocycles. The number of hydrogen-bond acceptors (Lipinski definition) is 3. The molecule has 0 aliphatic rings. The number of aliphatic carboxylic acids is 1. The highest BCUT2D eigenvalue weighted by molar-refractivity contribution is 6.78. The van der Waals surface area contributed by atoms with Gasteiger partial charge in [-0.2, -0.15) is 0 Å². The van der Waals surface area contributed by atoms with Crippen LogP contribution in [0.15, 0.2) is 0 Å². The first kappa shape index (κ1) is 16.6. The van der Waals surface area contributed by atoms with Gasteiger partial charge < -0.3 is 15.8 Å². The fourth-order valence-corrected chi connectivity index (χ4v) is 2.97. The molecule has 0 heterocycles. The third-order valence-corrected chi connectivity index (χ3v) is 8.48. The normalized spacial score (nSPS) is 14.7. The van der Waals surface area contributed by atoms with Crippen LogP contribution in [0, 0.1) is 0 Å². The topological polar surface area (TPSA) is 75.3 Å². The monoisotopic (exact) mass is 260 g/mol. The molecule has 4 nitrogen and oxygen atoms in total. The van der Waals surface area contributed by atoms with E-state index in [4.69, 9.17) is 5.73 Å². The van der Waals surface area contributed by atoms with Gasteiger partial charge in [-0.15, -0.1) is 0 Å². The van der Waals surface area contributed by atoms with Gasteiger partial charge in [-0.3, -0.25) is 4.79 Å². The summed E-state index contributed by atoms with van der Waals surface area (Å²) < 4.78 is 0. The Morgan fingerprint density at radius 1 is 1.35 bits per heavy atom. The van der Waals surface area contributed by atoms with Crippen LogP contribution < -0.4 is 10.7 Å². The molecule has 0 aliphatic carbocycles. The van der Waals surface area contributed by atoms with E-state index >= 15 is 0 Å². The lowest BCUT2D eigenvalue weighted by atomic mass is 10.1. The van der Waals surface area contributed by atoms with Crippen molar-refractivity contribution in [3.63, 3.8) is 0 Å². The molecule has 5 heteroatoms. The summed E-state index contributed by atoms with van der Waals surface area (Å²) in [5.41, 5.74) is 5.43. The Bertz CT molecular complexity index is 249. The van der Waals surface area contributed by atoms with Crippen molar-refractivity contribution in [1.29, 1.82) is 0 Å². The van der Waals surface area contributed by atoms with Crippen molar-refractivity contribution in [3.8, 4) is 0 Å². The molecular formula is C12H28N2O2Si. The van der Waals surface area contributed by atoms with Crippen LogP contribution >= 0.6 is 0 Å². The zero-order valence-electron chi connectivity index (χ0n) is 11.8. The molecule has 0 aliphatic heterocycles. The zero-order valence-corrected chi connectivity index (χ0v) is 12.8. The van der Waals surface area contributed by atoms with Crippen LogP contribution in [-0.2, 0) is 4.79 Å². The summed E-state index contributed by atoms with van der Waals surface area (Å²) in [6.07, 6.45) is 2.43. The van der Waals surface area contributed by atoms with Gasteiger partial charge in [-0.05, 0) is 24.4 Å². The predicted molar refractivity (Wildman–Crippen MR) is 74.7 cm³/mol. The van der Waals surface area contributed by atoms with E-state index in [0.29, 0.717) is 13.0 Å². The fraction of sp³-hybridized carbons (Fsp3) is 0.917. The van der Waals surface area contributed by atoms with Crippen LogP contribution in [0.4, 0.5) is 0 Å². The number of unbranched alkanes of at least 4 members (excludes halogenated alkanes) is 1. The Labute approximate surface area is 106 Å². The molecular weight excluding hydrogens is 232 g/mol. The summed E-state index contributed by atoms with van der Waals surface area (Å²) in [4.78, 5) is 14.6. The molecule has 0 fully saturated rings. The van der Waals surface area contributed by atoms with Crippen LogP contribution in [0.25, 0.3) is 0 Å². The Morgan fingerprint density at radius 2 is 1.88 bits per heavy atom. The van der Waals surface area contributed by atoms with Gasteiger partial charge in [0.2, 0.25) is 0 Å². The van der Waals surface area contributed by atoms with Crippen LogP contribution in [0.1, 0.15) is 40.0 Å². The second kappa shape index (κ2) is 6.52. The summed E-state index contributed by atoms with van der Waals surface area (Å²) in [6.45, 7) is 11.5. The molecule has 0 unspecified atom stereocenters. The van der Waals surface area contributed by atoms with E-state index in [2.05, 4.69) is 38.8 Å². The first-order valence-electron chi connectivity index (χ1n) is 6.32. The molecule has 0 amide bonds. The molecule has 0 spiro atoms.